The van der Waals surface area contributed by atoms with E-state index in [0.717, 1.165) is 30.2 Å². The number of para-hydroxylation sites is 1. The highest BCUT2D eigenvalue weighted by atomic mass is 15.3. The summed E-state index contributed by atoms with van der Waals surface area (Å²) in [7, 11) is 0. The number of nitrogens with zero attached hydrogens (tertiary/aromatic N) is 3. The largest absolute Gasteiger partial charge is 0.260 e. The maximum absolute atomic E-state index is 9.53. The van der Waals surface area contributed by atoms with Crippen molar-refractivity contribution in [3.05, 3.63) is 30.5 Å². The van der Waals surface area contributed by atoms with E-state index in [9.17, 15) is 5.26 Å². The molecule has 1 saturated carbocycles. The summed E-state index contributed by atoms with van der Waals surface area (Å²) in [5, 5.41) is 15.3. The second-order valence-electron chi connectivity index (χ2n) is 7.33. The molecule has 1 fully saturated rings. The lowest BCUT2D eigenvalue weighted by molar-refractivity contribution is 0.118. The maximum Gasteiger partial charge on any atom is 0.0688 e. The van der Waals surface area contributed by atoms with Crippen LogP contribution in [0.1, 0.15) is 46.1 Å². The minimum atomic E-state index is 0.0758. The Bertz CT molecular complexity index is 672. The molecule has 3 nitrogen and oxygen atoms in total. The van der Waals surface area contributed by atoms with E-state index in [4.69, 9.17) is 0 Å². The average molecular weight is 281 g/mol. The van der Waals surface area contributed by atoms with Gasteiger partial charge in [0.15, 0.2) is 0 Å². The Labute approximate surface area is 126 Å². The van der Waals surface area contributed by atoms with Gasteiger partial charge in [-0.3, -0.25) is 4.68 Å². The summed E-state index contributed by atoms with van der Waals surface area (Å²) in [5.74, 6) is 0.724. The predicted molar refractivity (Wildman–Crippen MR) is 84.7 cm³/mol. The van der Waals surface area contributed by atoms with Gasteiger partial charge in [0, 0.05) is 5.39 Å². The highest BCUT2D eigenvalue weighted by molar-refractivity contribution is 5.78. The van der Waals surface area contributed by atoms with Crippen molar-refractivity contribution in [1.29, 1.82) is 5.26 Å². The lowest BCUT2D eigenvalue weighted by Crippen LogP contribution is -2.33. The van der Waals surface area contributed by atoms with Crippen LogP contribution in [0.3, 0.4) is 0 Å². The average Bonchev–Trinajstić information content (AvgIpc) is 2.89. The van der Waals surface area contributed by atoms with Crippen molar-refractivity contribution in [2.75, 3.05) is 0 Å². The highest BCUT2D eigenvalue weighted by Gasteiger charge is 2.37. The molecule has 3 unspecified atom stereocenters. The van der Waals surface area contributed by atoms with Crippen molar-refractivity contribution in [3.63, 3.8) is 0 Å². The van der Waals surface area contributed by atoms with E-state index < -0.39 is 0 Å². The zero-order valence-electron chi connectivity index (χ0n) is 13.1. The molecular weight excluding hydrogens is 258 g/mol. The van der Waals surface area contributed by atoms with E-state index in [1.54, 1.807) is 0 Å². The minimum absolute atomic E-state index is 0.0758. The zero-order chi connectivity index (χ0) is 15.0. The van der Waals surface area contributed by atoms with Gasteiger partial charge in [0.1, 0.15) is 0 Å². The van der Waals surface area contributed by atoms with Gasteiger partial charge in [-0.05, 0) is 36.7 Å². The van der Waals surface area contributed by atoms with Crippen LogP contribution in [0.25, 0.3) is 10.9 Å². The highest BCUT2D eigenvalue weighted by Crippen LogP contribution is 2.45. The Hall–Kier alpha value is -1.82. The molecule has 1 aliphatic carbocycles. The summed E-state index contributed by atoms with van der Waals surface area (Å²) >= 11 is 0. The summed E-state index contributed by atoms with van der Waals surface area (Å²) in [4.78, 5) is 0. The molecule has 0 spiro atoms. The fourth-order valence-electron chi connectivity index (χ4n) is 3.61. The van der Waals surface area contributed by atoms with Gasteiger partial charge >= 0.3 is 0 Å². The maximum atomic E-state index is 9.53. The zero-order valence-corrected chi connectivity index (χ0v) is 13.1. The fourth-order valence-corrected chi connectivity index (χ4v) is 3.61. The van der Waals surface area contributed by atoms with Crippen LogP contribution in [0.5, 0.6) is 0 Å². The number of fused-ring (bicyclic) bond motifs is 1. The van der Waals surface area contributed by atoms with Gasteiger partial charge in [0.25, 0.3) is 0 Å². The number of hydrogen-bond donors (Lipinski definition) is 0. The van der Waals surface area contributed by atoms with Gasteiger partial charge in [0.2, 0.25) is 0 Å². The quantitative estimate of drug-likeness (QED) is 0.768. The Morgan fingerprint density at radius 1 is 1.24 bits per heavy atom. The molecule has 0 saturated heterocycles. The van der Waals surface area contributed by atoms with Gasteiger partial charge in [-0.1, -0.05) is 39.0 Å². The summed E-state index contributed by atoms with van der Waals surface area (Å²) in [6.45, 7) is 6.92. The van der Waals surface area contributed by atoms with E-state index in [-0.39, 0.29) is 12.0 Å². The first-order valence-electron chi connectivity index (χ1n) is 7.82. The second kappa shape index (κ2) is 5.18. The van der Waals surface area contributed by atoms with Gasteiger partial charge in [-0.2, -0.15) is 10.4 Å². The van der Waals surface area contributed by atoms with E-state index >= 15 is 0 Å². The Kier molecular flexibility index (Phi) is 3.49. The number of rotatable bonds is 1. The van der Waals surface area contributed by atoms with E-state index in [0.29, 0.717) is 11.3 Å². The van der Waals surface area contributed by atoms with Crippen LogP contribution in [0.2, 0.25) is 0 Å². The van der Waals surface area contributed by atoms with Crippen LogP contribution in [0.15, 0.2) is 30.5 Å². The summed E-state index contributed by atoms with van der Waals surface area (Å²) in [6, 6.07) is 11.0. The first kappa shape index (κ1) is 14.1. The molecule has 2 aromatic rings. The molecule has 0 aliphatic heterocycles. The normalized spacial score (nSPS) is 26.7. The van der Waals surface area contributed by atoms with Gasteiger partial charge in [-0.15, -0.1) is 0 Å². The van der Waals surface area contributed by atoms with Crippen LogP contribution in [-0.2, 0) is 0 Å². The summed E-state index contributed by atoms with van der Waals surface area (Å²) in [6.07, 6.45) is 5.10. The van der Waals surface area contributed by atoms with Crippen molar-refractivity contribution in [1.82, 2.24) is 9.78 Å². The smallest absolute Gasteiger partial charge is 0.0688 e. The van der Waals surface area contributed by atoms with Crippen molar-refractivity contribution in [2.24, 2.45) is 17.3 Å². The molecule has 1 heterocycles. The Morgan fingerprint density at radius 3 is 2.71 bits per heavy atom. The van der Waals surface area contributed by atoms with Crippen molar-refractivity contribution in [2.45, 2.75) is 46.1 Å². The Balaban J connectivity index is 1.99. The molecule has 0 bridgehead atoms. The molecule has 0 radical (unpaired) electrons. The monoisotopic (exact) mass is 281 g/mol. The van der Waals surface area contributed by atoms with Crippen molar-refractivity contribution < 1.29 is 0 Å². The van der Waals surface area contributed by atoms with E-state index in [1.165, 1.54) is 0 Å². The third kappa shape index (κ3) is 2.55. The lowest BCUT2D eigenvalue weighted by atomic mass is 9.68. The third-order valence-electron chi connectivity index (χ3n) is 5.03. The SMILES string of the molecule is CC(C)(C)C1CCC(C#N)C(n2ncc3ccccc32)C1. The molecule has 3 rings (SSSR count). The standard InChI is InChI=1S/C18H23N3/c1-18(2,3)15-9-8-13(11-19)17(10-15)21-16-7-5-4-6-14(16)12-20-21/h4-7,12-13,15,17H,8-10H2,1-3H3. The summed E-state index contributed by atoms with van der Waals surface area (Å²) in [5.41, 5.74) is 1.44. The van der Waals surface area contributed by atoms with Crippen LogP contribution in [0.4, 0.5) is 0 Å². The number of aromatic nitrogens is 2. The molecule has 3 heteroatoms. The second-order valence-corrected chi connectivity index (χ2v) is 7.33. The topological polar surface area (TPSA) is 41.6 Å². The Morgan fingerprint density at radius 2 is 2.00 bits per heavy atom. The first-order valence-corrected chi connectivity index (χ1v) is 7.82. The third-order valence-corrected chi connectivity index (χ3v) is 5.03. The summed E-state index contributed by atoms with van der Waals surface area (Å²) < 4.78 is 2.10. The number of hydrogen-bond acceptors (Lipinski definition) is 2. The molecule has 110 valence electrons. The lowest BCUT2D eigenvalue weighted by Gasteiger charge is -2.40. The number of nitriles is 1. The molecule has 21 heavy (non-hydrogen) atoms. The van der Waals surface area contributed by atoms with Crippen LogP contribution in [-0.4, -0.2) is 9.78 Å². The van der Waals surface area contributed by atoms with Gasteiger partial charge < -0.3 is 0 Å². The van der Waals surface area contributed by atoms with Crippen LogP contribution < -0.4 is 0 Å². The first-order chi connectivity index (χ1) is 10.0. The molecule has 0 N–H and O–H groups in total. The van der Waals surface area contributed by atoms with Crippen molar-refractivity contribution in [3.8, 4) is 6.07 Å². The predicted octanol–water partition coefficient (Wildman–Crippen LogP) is 4.56. The van der Waals surface area contributed by atoms with Crippen LogP contribution in [0, 0.1) is 28.6 Å². The molecule has 1 aliphatic rings. The van der Waals surface area contributed by atoms with Crippen LogP contribution >= 0.6 is 0 Å². The molecule has 3 atom stereocenters. The molecule has 1 aromatic heterocycles. The van der Waals surface area contributed by atoms with E-state index in [2.05, 4.69) is 48.8 Å². The van der Waals surface area contributed by atoms with Crippen molar-refractivity contribution >= 4 is 10.9 Å². The molecule has 0 amide bonds. The fraction of sp³-hybridized carbons (Fsp3) is 0.556. The molecular formula is C18H23N3. The minimum Gasteiger partial charge on any atom is -0.260 e. The van der Waals surface area contributed by atoms with E-state index in [1.807, 2.05) is 18.3 Å². The van der Waals surface area contributed by atoms with Gasteiger partial charge in [-0.25, -0.2) is 0 Å². The van der Waals surface area contributed by atoms with Gasteiger partial charge in [0.05, 0.1) is 29.7 Å². The number of benzene rings is 1. The molecule has 1 aromatic carbocycles.